The quantitative estimate of drug-likeness (QED) is 0.559. The minimum absolute atomic E-state index is 0.00135. The Morgan fingerprint density at radius 2 is 2.11 bits per heavy atom. The summed E-state index contributed by atoms with van der Waals surface area (Å²) in [6.07, 6.45) is 6.61. The molecule has 2 heterocycles. The molecule has 0 bridgehead atoms. The highest BCUT2D eigenvalue weighted by atomic mass is 16.6. The van der Waals surface area contributed by atoms with Gasteiger partial charge in [0.15, 0.2) is 0 Å². The molecule has 1 saturated carbocycles. The number of nitrogens with zero attached hydrogens (tertiary/aromatic N) is 4. The maximum absolute atomic E-state index is 12.6. The van der Waals surface area contributed by atoms with Crippen LogP contribution in [0, 0.1) is 10.1 Å². The van der Waals surface area contributed by atoms with Gasteiger partial charge in [-0.1, -0.05) is 25.3 Å². The van der Waals surface area contributed by atoms with Gasteiger partial charge in [0.1, 0.15) is 5.65 Å². The summed E-state index contributed by atoms with van der Waals surface area (Å²) >= 11 is 0. The molecule has 1 fully saturated rings. The summed E-state index contributed by atoms with van der Waals surface area (Å²) in [6, 6.07) is 5.01. The Hall–Kier alpha value is -2.52. The summed E-state index contributed by atoms with van der Waals surface area (Å²) < 4.78 is 1.18. The van der Waals surface area contributed by atoms with Crippen molar-refractivity contribution >= 4 is 17.2 Å². The molecule has 0 aromatic carbocycles. The third kappa shape index (κ3) is 3.79. The van der Waals surface area contributed by atoms with E-state index in [4.69, 9.17) is 0 Å². The van der Waals surface area contributed by atoms with Gasteiger partial charge in [-0.15, -0.1) is 0 Å². The van der Waals surface area contributed by atoms with Gasteiger partial charge in [0.05, 0.1) is 11.5 Å². The number of nitro groups is 1. The molecule has 9 nitrogen and oxygen atoms in total. The number of β-amino-alcohol motifs (C(OH)–C–C–N with tert-alkyl or cyclic N) is 1. The van der Waals surface area contributed by atoms with Crippen LogP contribution in [0.25, 0.3) is 5.65 Å². The largest absolute Gasteiger partial charge is 0.395 e. The highest BCUT2D eigenvalue weighted by Gasteiger charge is 2.36. The van der Waals surface area contributed by atoms with Gasteiger partial charge in [0, 0.05) is 24.8 Å². The molecule has 0 amide bonds. The molecule has 2 N–H and O–H groups in total. The Kier molecular flexibility index (Phi) is 5.71. The second-order valence-electron chi connectivity index (χ2n) is 7.08. The normalized spacial score (nSPS) is 16.6. The van der Waals surface area contributed by atoms with Crippen molar-refractivity contribution < 1.29 is 10.0 Å². The van der Waals surface area contributed by atoms with Crippen LogP contribution in [-0.2, 0) is 0 Å². The van der Waals surface area contributed by atoms with E-state index in [2.05, 4.69) is 15.2 Å². The highest BCUT2D eigenvalue weighted by molar-refractivity contribution is 5.60. The third-order valence-corrected chi connectivity index (χ3v) is 5.51. The minimum Gasteiger partial charge on any atom is -0.395 e. The molecule has 9 heteroatoms. The summed E-state index contributed by atoms with van der Waals surface area (Å²) in [7, 11) is 1.96. The lowest BCUT2D eigenvalue weighted by Crippen LogP contribution is -2.53. The minimum atomic E-state index is -0.700. The lowest BCUT2D eigenvalue weighted by molar-refractivity contribution is -0.385. The van der Waals surface area contributed by atoms with E-state index in [1.165, 1.54) is 10.6 Å². The van der Waals surface area contributed by atoms with Crippen LogP contribution in [0.15, 0.2) is 29.2 Å². The van der Waals surface area contributed by atoms with E-state index in [1.54, 1.807) is 18.2 Å². The van der Waals surface area contributed by atoms with Crippen LogP contribution in [0.4, 0.5) is 11.5 Å². The number of likely N-dealkylation sites (N-methyl/N-ethyl adjacent to an activating group) is 1. The maximum Gasteiger partial charge on any atom is 0.376 e. The first kappa shape index (κ1) is 19.2. The number of aliphatic hydroxyl groups excluding tert-OH is 1. The zero-order valence-corrected chi connectivity index (χ0v) is 15.4. The van der Waals surface area contributed by atoms with Gasteiger partial charge in [-0.25, -0.2) is 4.98 Å². The monoisotopic (exact) mass is 375 g/mol. The van der Waals surface area contributed by atoms with Crippen molar-refractivity contribution in [2.45, 2.75) is 37.6 Å². The highest BCUT2D eigenvalue weighted by Crippen LogP contribution is 2.33. The van der Waals surface area contributed by atoms with Gasteiger partial charge in [-0.05, 0) is 32.0 Å². The predicted octanol–water partition coefficient (Wildman–Crippen LogP) is 1.64. The number of hydrogen-bond donors (Lipinski definition) is 2. The average molecular weight is 375 g/mol. The van der Waals surface area contributed by atoms with Crippen molar-refractivity contribution in [3.8, 4) is 0 Å². The number of hydrogen-bond acceptors (Lipinski definition) is 7. The lowest BCUT2D eigenvalue weighted by atomic mass is 9.80. The number of rotatable bonds is 7. The molecule has 1 aliphatic carbocycles. The molecule has 1 aliphatic rings. The molecule has 0 aliphatic heterocycles. The van der Waals surface area contributed by atoms with E-state index in [-0.39, 0.29) is 18.0 Å². The lowest BCUT2D eigenvalue weighted by Gasteiger charge is -2.44. The van der Waals surface area contributed by atoms with Gasteiger partial charge in [-0.3, -0.25) is 24.2 Å². The fraction of sp³-hybridized carbons (Fsp3) is 0.556. The Morgan fingerprint density at radius 1 is 1.37 bits per heavy atom. The molecule has 2 aromatic heterocycles. The Balaban J connectivity index is 1.96. The molecule has 3 rings (SSSR count). The fourth-order valence-corrected chi connectivity index (χ4v) is 3.91. The number of aliphatic hydroxyl groups is 1. The average Bonchev–Trinajstić information content (AvgIpc) is 2.67. The zero-order chi connectivity index (χ0) is 19.4. The molecule has 27 heavy (non-hydrogen) atoms. The SMILES string of the molecule is CN(CCO)C1(CNc2nc3ccccn3c(=O)c2[N+](=O)[O-])CCCCC1. The number of aromatic nitrogens is 2. The van der Waals surface area contributed by atoms with E-state index < -0.39 is 16.2 Å². The smallest absolute Gasteiger partial charge is 0.376 e. The van der Waals surface area contributed by atoms with E-state index in [9.17, 15) is 20.0 Å². The topological polar surface area (TPSA) is 113 Å². The molecule has 146 valence electrons. The van der Waals surface area contributed by atoms with Crippen LogP contribution in [-0.4, -0.2) is 56.6 Å². The number of nitrogens with one attached hydrogen (secondary N) is 1. The summed E-state index contributed by atoms with van der Waals surface area (Å²) in [4.78, 5) is 29.8. The Labute approximate surface area is 156 Å². The maximum atomic E-state index is 12.6. The molecule has 0 atom stereocenters. The van der Waals surface area contributed by atoms with Crippen molar-refractivity contribution in [1.29, 1.82) is 0 Å². The predicted molar refractivity (Wildman–Crippen MR) is 102 cm³/mol. The van der Waals surface area contributed by atoms with Crippen LogP contribution in [0.3, 0.4) is 0 Å². The van der Waals surface area contributed by atoms with Crippen LogP contribution in [0.2, 0.25) is 0 Å². The van der Waals surface area contributed by atoms with Crippen molar-refractivity contribution in [2.24, 2.45) is 0 Å². The standard InChI is InChI=1S/C18H25N5O4/c1-21(11-12-24)18(8-4-2-5-9-18)13-19-16-15(23(26)27)17(25)22-10-6-3-7-14(22)20-16/h3,6-7,10,19,24H,2,4-5,8-9,11-13H2,1H3. The molecule has 0 unspecified atom stereocenters. The van der Waals surface area contributed by atoms with Gasteiger partial charge in [0.25, 0.3) is 0 Å². The first-order chi connectivity index (χ1) is 13.0. The van der Waals surface area contributed by atoms with Gasteiger partial charge in [-0.2, -0.15) is 0 Å². The summed E-state index contributed by atoms with van der Waals surface area (Å²) in [5, 5.41) is 23.9. The van der Waals surface area contributed by atoms with E-state index in [0.29, 0.717) is 18.7 Å². The van der Waals surface area contributed by atoms with Crippen molar-refractivity contribution in [1.82, 2.24) is 14.3 Å². The van der Waals surface area contributed by atoms with Gasteiger partial charge < -0.3 is 10.4 Å². The van der Waals surface area contributed by atoms with Crippen LogP contribution < -0.4 is 10.9 Å². The van der Waals surface area contributed by atoms with Crippen molar-refractivity contribution in [3.63, 3.8) is 0 Å². The van der Waals surface area contributed by atoms with Crippen LogP contribution in [0.5, 0.6) is 0 Å². The number of fused-ring (bicyclic) bond motifs is 1. The van der Waals surface area contributed by atoms with Gasteiger partial charge >= 0.3 is 11.2 Å². The molecular formula is C18H25N5O4. The second-order valence-corrected chi connectivity index (χ2v) is 7.08. The molecule has 0 radical (unpaired) electrons. The molecule has 0 saturated heterocycles. The zero-order valence-electron chi connectivity index (χ0n) is 15.4. The van der Waals surface area contributed by atoms with Crippen molar-refractivity contribution in [3.05, 3.63) is 44.9 Å². The van der Waals surface area contributed by atoms with E-state index >= 15 is 0 Å². The Morgan fingerprint density at radius 3 is 2.78 bits per heavy atom. The van der Waals surface area contributed by atoms with Crippen molar-refractivity contribution in [2.75, 3.05) is 32.1 Å². The summed E-state index contributed by atoms with van der Waals surface area (Å²) in [5.74, 6) is -0.00135. The fourth-order valence-electron chi connectivity index (χ4n) is 3.91. The van der Waals surface area contributed by atoms with Gasteiger partial charge in [0.2, 0.25) is 5.82 Å². The first-order valence-electron chi connectivity index (χ1n) is 9.20. The molecule has 2 aromatic rings. The first-order valence-corrected chi connectivity index (χ1v) is 9.20. The second kappa shape index (κ2) is 8.01. The number of anilines is 1. The molecule has 0 spiro atoms. The summed E-state index contributed by atoms with van der Waals surface area (Å²) in [6.45, 7) is 1.01. The van der Waals surface area contributed by atoms with E-state index in [0.717, 1.165) is 32.1 Å². The molecular weight excluding hydrogens is 350 g/mol. The van der Waals surface area contributed by atoms with Crippen LogP contribution in [0.1, 0.15) is 32.1 Å². The Bertz CT molecular complexity index is 876. The third-order valence-electron chi connectivity index (χ3n) is 5.51. The number of pyridine rings is 1. The van der Waals surface area contributed by atoms with Crippen LogP contribution >= 0.6 is 0 Å². The summed E-state index contributed by atoms with van der Waals surface area (Å²) in [5.41, 5.74) is -1.11. The van der Waals surface area contributed by atoms with E-state index in [1.807, 2.05) is 7.05 Å².